The van der Waals surface area contributed by atoms with Crippen molar-refractivity contribution in [2.24, 2.45) is 0 Å². The highest BCUT2D eigenvalue weighted by molar-refractivity contribution is 7.89. The molecule has 1 aliphatic heterocycles. The van der Waals surface area contributed by atoms with Gasteiger partial charge in [-0.3, -0.25) is 9.59 Å². The number of carbonyl (C=O) groups excluding carboxylic acids is 2. The average Bonchev–Trinajstić information content (AvgIpc) is 2.54. The van der Waals surface area contributed by atoms with Crippen molar-refractivity contribution in [2.75, 3.05) is 19.4 Å². The number of benzene rings is 1. The van der Waals surface area contributed by atoms with Gasteiger partial charge in [0, 0.05) is 14.1 Å². The highest BCUT2D eigenvalue weighted by atomic mass is 32.2. The molecule has 1 amide bonds. The molecule has 0 fully saturated rings. The third kappa shape index (κ3) is 1.63. The Morgan fingerprint density at radius 2 is 1.82 bits per heavy atom. The Labute approximate surface area is 98.3 Å². The Hall–Kier alpha value is -1.73. The molecule has 7 heteroatoms. The van der Waals surface area contributed by atoms with Crippen LogP contribution in [-0.4, -0.2) is 38.5 Å². The van der Waals surface area contributed by atoms with Gasteiger partial charge in [-0.2, -0.15) is 0 Å². The molecular weight excluding hydrogens is 244 g/mol. The summed E-state index contributed by atoms with van der Waals surface area (Å²) in [6.45, 7) is 0. The van der Waals surface area contributed by atoms with Crippen molar-refractivity contribution in [1.82, 2.24) is 4.31 Å². The van der Waals surface area contributed by atoms with Gasteiger partial charge in [0.05, 0.1) is 16.1 Å². The second-order valence-corrected chi connectivity index (χ2v) is 5.87. The van der Waals surface area contributed by atoms with E-state index in [1.165, 1.54) is 32.3 Å². The summed E-state index contributed by atoms with van der Waals surface area (Å²) in [5.41, 5.74) is 0.161. The molecule has 6 nitrogen and oxygen atoms in total. The molecule has 90 valence electrons. The fourth-order valence-corrected chi connectivity index (χ4v) is 2.68. The first-order valence-electron chi connectivity index (χ1n) is 4.77. The van der Waals surface area contributed by atoms with E-state index in [0.717, 1.165) is 4.31 Å². The average molecular weight is 254 g/mol. The molecular formula is C10H10N2O4S. The molecule has 0 bridgehead atoms. The van der Waals surface area contributed by atoms with Gasteiger partial charge in [-0.15, -0.1) is 0 Å². The van der Waals surface area contributed by atoms with Crippen LogP contribution in [0.3, 0.4) is 0 Å². The van der Waals surface area contributed by atoms with Crippen LogP contribution >= 0.6 is 0 Å². The Morgan fingerprint density at radius 1 is 1.18 bits per heavy atom. The lowest BCUT2D eigenvalue weighted by atomic mass is 10.1. The first kappa shape index (κ1) is 11.7. The zero-order valence-electron chi connectivity index (χ0n) is 9.22. The number of rotatable bonds is 2. The summed E-state index contributed by atoms with van der Waals surface area (Å²) in [7, 11) is -1.01. The largest absolute Gasteiger partial charge is 0.318 e. The molecule has 0 saturated carbocycles. The van der Waals surface area contributed by atoms with Crippen LogP contribution in [0.1, 0.15) is 10.4 Å². The number of anilines is 1. The molecule has 1 aliphatic rings. The van der Waals surface area contributed by atoms with E-state index < -0.39 is 21.7 Å². The van der Waals surface area contributed by atoms with Crippen LogP contribution in [0, 0.1) is 0 Å². The minimum absolute atomic E-state index is 0.0776. The molecule has 0 atom stereocenters. The maximum Gasteiger partial charge on any atom is 0.296 e. The second kappa shape index (κ2) is 3.64. The van der Waals surface area contributed by atoms with Gasteiger partial charge in [-0.05, 0) is 12.1 Å². The fourth-order valence-electron chi connectivity index (χ4n) is 1.57. The summed E-state index contributed by atoms with van der Waals surface area (Å²) in [4.78, 5) is 22.7. The number of hydrogen-bond acceptors (Lipinski definition) is 4. The molecule has 0 unspecified atom stereocenters. The van der Waals surface area contributed by atoms with E-state index in [0.29, 0.717) is 0 Å². The highest BCUT2D eigenvalue weighted by Gasteiger charge is 2.35. The predicted octanol–water partition coefficient (Wildman–Crippen LogP) is 0.0717. The highest BCUT2D eigenvalue weighted by Crippen LogP contribution is 2.30. The molecule has 0 aromatic heterocycles. The van der Waals surface area contributed by atoms with E-state index in [1.54, 1.807) is 0 Å². The molecule has 1 heterocycles. The van der Waals surface area contributed by atoms with Gasteiger partial charge in [0.25, 0.3) is 11.7 Å². The molecule has 0 spiro atoms. The van der Waals surface area contributed by atoms with Crippen molar-refractivity contribution in [3.05, 3.63) is 23.8 Å². The minimum Gasteiger partial charge on any atom is -0.318 e. The molecule has 2 rings (SSSR count). The van der Waals surface area contributed by atoms with Crippen molar-refractivity contribution >= 4 is 27.4 Å². The summed E-state index contributed by atoms with van der Waals surface area (Å²) in [5.74, 6) is -1.62. The smallest absolute Gasteiger partial charge is 0.296 e. The van der Waals surface area contributed by atoms with Crippen LogP contribution in [0.4, 0.5) is 5.69 Å². The number of nitrogens with one attached hydrogen (secondary N) is 1. The number of fused-ring (bicyclic) bond motifs is 1. The lowest BCUT2D eigenvalue weighted by molar-refractivity contribution is -0.112. The van der Waals surface area contributed by atoms with E-state index in [1.807, 2.05) is 0 Å². The first-order valence-corrected chi connectivity index (χ1v) is 6.21. The number of sulfonamides is 1. The van der Waals surface area contributed by atoms with E-state index in [9.17, 15) is 18.0 Å². The fraction of sp³-hybridized carbons (Fsp3) is 0.200. The van der Waals surface area contributed by atoms with Crippen LogP contribution in [0.25, 0.3) is 0 Å². The van der Waals surface area contributed by atoms with Gasteiger partial charge in [0.2, 0.25) is 10.0 Å². The van der Waals surface area contributed by atoms with Gasteiger partial charge >= 0.3 is 0 Å². The monoisotopic (exact) mass is 254 g/mol. The quantitative estimate of drug-likeness (QED) is 0.757. The summed E-state index contributed by atoms with van der Waals surface area (Å²) < 4.78 is 25.0. The Kier molecular flexibility index (Phi) is 2.52. The number of nitrogens with zero attached hydrogens (tertiary/aromatic N) is 1. The van der Waals surface area contributed by atoms with Crippen LogP contribution in [0.2, 0.25) is 0 Å². The first-order chi connectivity index (χ1) is 7.85. The van der Waals surface area contributed by atoms with E-state index in [4.69, 9.17) is 0 Å². The van der Waals surface area contributed by atoms with E-state index in [2.05, 4.69) is 5.32 Å². The van der Waals surface area contributed by atoms with Crippen molar-refractivity contribution in [3.63, 3.8) is 0 Å². The predicted molar refractivity (Wildman–Crippen MR) is 60.3 cm³/mol. The molecule has 17 heavy (non-hydrogen) atoms. The van der Waals surface area contributed by atoms with Crippen molar-refractivity contribution < 1.29 is 18.0 Å². The summed E-state index contributed by atoms with van der Waals surface area (Å²) in [6, 6.07) is 4.28. The van der Waals surface area contributed by atoms with Gasteiger partial charge in [-0.25, -0.2) is 12.7 Å². The van der Waals surface area contributed by atoms with Crippen molar-refractivity contribution in [2.45, 2.75) is 4.90 Å². The second-order valence-electron chi connectivity index (χ2n) is 3.75. The Balaban J connectivity index is 2.73. The van der Waals surface area contributed by atoms with Crippen LogP contribution in [0.5, 0.6) is 0 Å². The number of amides is 1. The molecule has 0 aliphatic carbocycles. The van der Waals surface area contributed by atoms with E-state index in [-0.39, 0.29) is 16.1 Å². The normalized spacial score (nSPS) is 15.0. The zero-order chi connectivity index (χ0) is 12.8. The van der Waals surface area contributed by atoms with E-state index >= 15 is 0 Å². The van der Waals surface area contributed by atoms with Gasteiger partial charge in [0.1, 0.15) is 0 Å². The van der Waals surface area contributed by atoms with Crippen LogP contribution in [-0.2, 0) is 14.8 Å². The number of carbonyl (C=O) groups is 2. The lowest BCUT2D eigenvalue weighted by Gasteiger charge is -2.13. The van der Waals surface area contributed by atoms with Crippen molar-refractivity contribution in [3.8, 4) is 0 Å². The van der Waals surface area contributed by atoms with Crippen molar-refractivity contribution in [1.29, 1.82) is 0 Å². The maximum absolute atomic E-state index is 12.0. The minimum atomic E-state index is -3.74. The Bertz CT molecular complexity index is 619. The zero-order valence-corrected chi connectivity index (χ0v) is 10.0. The maximum atomic E-state index is 12.0. The summed E-state index contributed by atoms with van der Waals surface area (Å²) in [5, 5.41) is 2.33. The molecule has 1 aromatic rings. The third-order valence-electron chi connectivity index (χ3n) is 2.47. The standard InChI is InChI=1S/C10H10N2O4S/c1-12(2)17(15,16)7-5-3-4-6-8(7)9(13)10(14)11-6/h3-5H,1-2H3,(H,11,13,14). The number of hydrogen-bond donors (Lipinski definition) is 1. The molecule has 0 radical (unpaired) electrons. The van der Waals surface area contributed by atoms with Gasteiger partial charge in [-0.1, -0.05) is 6.07 Å². The topological polar surface area (TPSA) is 83.6 Å². The molecule has 0 saturated heterocycles. The summed E-state index contributed by atoms with van der Waals surface area (Å²) in [6.07, 6.45) is 0. The van der Waals surface area contributed by atoms with Crippen LogP contribution in [0.15, 0.2) is 23.1 Å². The van der Waals surface area contributed by atoms with Gasteiger partial charge < -0.3 is 5.32 Å². The molecule has 1 N–H and O–H groups in total. The summed E-state index contributed by atoms with van der Waals surface area (Å²) >= 11 is 0. The van der Waals surface area contributed by atoms with Crippen LogP contribution < -0.4 is 5.32 Å². The lowest BCUT2D eigenvalue weighted by Crippen LogP contribution is -2.24. The molecule has 1 aromatic carbocycles. The number of Topliss-reactive ketones (excluding diaryl/α,β-unsaturated/α-hetero) is 1. The Morgan fingerprint density at radius 3 is 2.41 bits per heavy atom. The number of ketones is 1. The SMILES string of the molecule is CN(C)S(=O)(=O)c1cccc2c1C(=O)C(=O)N2. The van der Waals surface area contributed by atoms with Gasteiger partial charge in [0.15, 0.2) is 0 Å². The third-order valence-corrected chi connectivity index (χ3v) is 4.32.